The highest BCUT2D eigenvalue weighted by Crippen LogP contribution is 2.23. The van der Waals surface area contributed by atoms with Gasteiger partial charge in [0.25, 0.3) is 0 Å². The van der Waals surface area contributed by atoms with Crippen molar-refractivity contribution in [2.24, 2.45) is 0 Å². The summed E-state index contributed by atoms with van der Waals surface area (Å²) in [4.78, 5) is 2.22. The predicted octanol–water partition coefficient (Wildman–Crippen LogP) is -1.12. The fourth-order valence-corrected chi connectivity index (χ4v) is 2.22. The second-order valence-electron chi connectivity index (χ2n) is 4.67. The molecule has 0 bridgehead atoms. The Balaban J connectivity index is 0.00000162. The van der Waals surface area contributed by atoms with Gasteiger partial charge in [0, 0.05) is 24.7 Å². The molecule has 102 valence electrons. The van der Waals surface area contributed by atoms with E-state index in [1.54, 1.807) is 0 Å². The number of nitrogens with zero attached hydrogens (tertiary/aromatic N) is 1. The van der Waals surface area contributed by atoms with Gasteiger partial charge in [0.1, 0.15) is 0 Å². The molecule has 0 amide bonds. The smallest absolute Gasteiger partial charge is 0.0994 e. The van der Waals surface area contributed by atoms with Gasteiger partial charge in [-0.25, -0.2) is 0 Å². The van der Waals surface area contributed by atoms with Crippen LogP contribution in [-0.4, -0.2) is 42.9 Å². The van der Waals surface area contributed by atoms with E-state index in [0.29, 0.717) is 11.6 Å². The molecule has 1 N–H and O–H groups in total. The van der Waals surface area contributed by atoms with Gasteiger partial charge in [-0.3, -0.25) is 4.90 Å². The highest BCUT2D eigenvalue weighted by Gasteiger charge is 2.26. The van der Waals surface area contributed by atoms with Gasteiger partial charge < -0.3 is 22.3 Å². The van der Waals surface area contributed by atoms with Crippen LogP contribution in [0.5, 0.6) is 0 Å². The molecule has 1 heterocycles. The minimum Gasteiger partial charge on any atom is -1.00 e. The van der Waals surface area contributed by atoms with Gasteiger partial charge in [-0.05, 0) is 24.6 Å². The van der Waals surface area contributed by atoms with Crippen LogP contribution in [0.2, 0.25) is 5.02 Å². The van der Waals surface area contributed by atoms with Gasteiger partial charge in [0.05, 0.1) is 18.8 Å². The number of ether oxygens (including phenoxy) is 1. The number of aliphatic hydroxyl groups is 1. The lowest BCUT2D eigenvalue weighted by Crippen LogP contribution is -3.00. The third-order valence-electron chi connectivity index (χ3n) is 3.10. The number of morpholine rings is 1. The van der Waals surface area contributed by atoms with Crippen molar-refractivity contribution >= 4 is 11.6 Å². The molecule has 1 unspecified atom stereocenters. The van der Waals surface area contributed by atoms with E-state index in [1.165, 1.54) is 0 Å². The van der Waals surface area contributed by atoms with Crippen LogP contribution in [-0.2, 0) is 10.3 Å². The average Bonchev–Trinajstić information content (AvgIpc) is 2.30. The van der Waals surface area contributed by atoms with Crippen molar-refractivity contribution in [1.82, 2.24) is 4.90 Å². The third-order valence-corrected chi connectivity index (χ3v) is 3.35. The molecule has 3 nitrogen and oxygen atoms in total. The molecule has 0 spiro atoms. The molecule has 1 aromatic rings. The molecule has 1 saturated heterocycles. The van der Waals surface area contributed by atoms with E-state index in [1.807, 2.05) is 31.2 Å². The van der Waals surface area contributed by atoms with Crippen molar-refractivity contribution in [2.75, 3.05) is 32.8 Å². The van der Waals surface area contributed by atoms with E-state index in [-0.39, 0.29) is 12.4 Å². The Morgan fingerprint density at radius 1 is 1.28 bits per heavy atom. The Kier molecular flexibility index (Phi) is 5.89. The summed E-state index contributed by atoms with van der Waals surface area (Å²) in [6.45, 7) is 5.71. The summed E-state index contributed by atoms with van der Waals surface area (Å²) in [6, 6.07) is 7.38. The van der Waals surface area contributed by atoms with E-state index >= 15 is 0 Å². The van der Waals surface area contributed by atoms with Crippen molar-refractivity contribution in [3.05, 3.63) is 34.9 Å². The molecule has 0 aliphatic carbocycles. The summed E-state index contributed by atoms with van der Waals surface area (Å²) >= 11 is 5.85. The molecule has 2 rings (SSSR count). The molecule has 1 aromatic carbocycles. The Bertz CT molecular complexity index is 362. The van der Waals surface area contributed by atoms with Crippen LogP contribution in [0.25, 0.3) is 0 Å². The zero-order chi connectivity index (χ0) is 12.3. The molecule has 1 aliphatic rings. The largest absolute Gasteiger partial charge is 1.00 e. The monoisotopic (exact) mass is 290 g/mol. The fourth-order valence-electron chi connectivity index (χ4n) is 2.09. The van der Waals surface area contributed by atoms with E-state index < -0.39 is 5.60 Å². The van der Waals surface area contributed by atoms with Gasteiger partial charge in [-0.15, -0.1) is 0 Å². The minimum absolute atomic E-state index is 0. The van der Waals surface area contributed by atoms with Gasteiger partial charge in [-0.1, -0.05) is 23.7 Å². The number of benzene rings is 1. The molecular weight excluding hydrogens is 273 g/mol. The molecule has 0 aromatic heterocycles. The fraction of sp³-hybridized carbons (Fsp3) is 0.538. The van der Waals surface area contributed by atoms with E-state index in [9.17, 15) is 5.11 Å². The first-order valence-corrected chi connectivity index (χ1v) is 6.24. The number of halogens is 2. The lowest BCUT2D eigenvalue weighted by Gasteiger charge is -2.34. The van der Waals surface area contributed by atoms with Crippen LogP contribution in [0.4, 0.5) is 0 Å². The van der Waals surface area contributed by atoms with Crippen LogP contribution in [0.1, 0.15) is 12.5 Å². The molecule has 0 saturated carbocycles. The average molecular weight is 291 g/mol. The number of β-amino-alcohol motifs (C(OH)–C–C–N with tert-alkyl or cyclic N) is 1. The molecular formula is C13H18Cl2NO2-. The summed E-state index contributed by atoms with van der Waals surface area (Å²) in [6.07, 6.45) is 0. The Morgan fingerprint density at radius 3 is 2.39 bits per heavy atom. The summed E-state index contributed by atoms with van der Waals surface area (Å²) in [5.74, 6) is 0. The normalized spacial score (nSPS) is 19.9. The number of hydrogen-bond donors (Lipinski definition) is 1. The minimum atomic E-state index is -0.845. The Labute approximate surface area is 119 Å². The second kappa shape index (κ2) is 6.73. The lowest BCUT2D eigenvalue weighted by molar-refractivity contribution is -0.0254. The SMILES string of the molecule is CC(O)(CN1CCOCC1)c1ccc(Cl)cc1.[Cl-]. The zero-order valence-electron chi connectivity index (χ0n) is 10.4. The van der Waals surface area contributed by atoms with E-state index in [0.717, 1.165) is 31.9 Å². The van der Waals surface area contributed by atoms with Gasteiger partial charge in [0.2, 0.25) is 0 Å². The molecule has 1 atom stereocenters. The van der Waals surface area contributed by atoms with Crippen molar-refractivity contribution in [2.45, 2.75) is 12.5 Å². The third kappa shape index (κ3) is 4.11. The van der Waals surface area contributed by atoms with Crippen LogP contribution in [0, 0.1) is 0 Å². The highest BCUT2D eigenvalue weighted by molar-refractivity contribution is 6.30. The number of hydrogen-bond acceptors (Lipinski definition) is 3. The van der Waals surface area contributed by atoms with Crippen LogP contribution in [0.3, 0.4) is 0 Å². The Morgan fingerprint density at radius 2 is 1.83 bits per heavy atom. The maximum absolute atomic E-state index is 10.5. The van der Waals surface area contributed by atoms with E-state index in [2.05, 4.69) is 4.90 Å². The quantitative estimate of drug-likeness (QED) is 0.766. The lowest BCUT2D eigenvalue weighted by atomic mass is 9.95. The second-order valence-corrected chi connectivity index (χ2v) is 5.11. The summed E-state index contributed by atoms with van der Waals surface area (Å²) in [5, 5.41) is 11.2. The molecule has 5 heteroatoms. The topological polar surface area (TPSA) is 32.7 Å². The first kappa shape index (κ1) is 15.7. The van der Waals surface area contributed by atoms with Gasteiger partial charge in [-0.2, -0.15) is 0 Å². The van der Waals surface area contributed by atoms with Crippen molar-refractivity contribution < 1.29 is 22.3 Å². The van der Waals surface area contributed by atoms with Crippen LogP contribution < -0.4 is 12.4 Å². The van der Waals surface area contributed by atoms with Crippen molar-refractivity contribution in [3.63, 3.8) is 0 Å². The van der Waals surface area contributed by atoms with E-state index in [4.69, 9.17) is 16.3 Å². The Hall–Kier alpha value is -0.320. The first-order valence-electron chi connectivity index (χ1n) is 5.86. The maximum atomic E-state index is 10.5. The summed E-state index contributed by atoms with van der Waals surface area (Å²) in [5.41, 5.74) is 0.0514. The molecule has 1 fully saturated rings. The number of rotatable bonds is 3. The first-order chi connectivity index (χ1) is 8.08. The van der Waals surface area contributed by atoms with Crippen LogP contribution >= 0.6 is 11.6 Å². The standard InChI is InChI=1S/C13H18ClNO2.ClH/c1-13(16,10-15-6-8-17-9-7-15)11-2-4-12(14)5-3-11;/h2-5,16H,6-10H2,1H3;1H/p-1. The highest BCUT2D eigenvalue weighted by atomic mass is 35.5. The molecule has 18 heavy (non-hydrogen) atoms. The van der Waals surface area contributed by atoms with Crippen molar-refractivity contribution in [1.29, 1.82) is 0 Å². The van der Waals surface area contributed by atoms with Gasteiger partial charge in [0.15, 0.2) is 0 Å². The molecule has 0 radical (unpaired) electrons. The van der Waals surface area contributed by atoms with Gasteiger partial charge >= 0.3 is 0 Å². The summed E-state index contributed by atoms with van der Waals surface area (Å²) < 4.78 is 5.29. The van der Waals surface area contributed by atoms with Crippen molar-refractivity contribution in [3.8, 4) is 0 Å². The predicted molar refractivity (Wildman–Crippen MR) is 68.3 cm³/mol. The zero-order valence-corrected chi connectivity index (χ0v) is 11.9. The van der Waals surface area contributed by atoms with Crippen LogP contribution in [0.15, 0.2) is 24.3 Å². The molecule has 1 aliphatic heterocycles. The maximum Gasteiger partial charge on any atom is 0.0994 e. The summed E-state index contributed by atoms with van der Waals surface area (Å²) in [7, 11) is 0.